The van der Waals surface area contributed by atoms with Crippen molar-refractivity contribution >= 4 is 33.3 Å². The Morgan fingerprint density at radius 2 is 2.20 bits per heavy atom. The van der Waals surface area contributed by atoms with E-state index in [2.05, 4.69) is 33.6 Å². The van der Waals surface area contributed by atoms with E-state index in [-0.39, 0.29) is 0 Å². The summed E-state index contributed by atoms with van der Waals surface area (Å²) in [6.07, 6.45) is 6.53. The fourth-order valence-electron chi connectivity index (χ4n) is 2.57. The van der Waals surface area contributed by atoms with Crippen LogP contribution in [0.25, 0.3) is 10.2 Å². The highest BCUT2D eigenvalue weighted by Crippen LogP contribution is 2.32. The fourth-order valence-corrected chi connectivity index (χ4v) is 3.54. The lowest BCUT2D eigenvalue weighted by molar-refractivity contribution is 0.303. The third kappa shape index (κ3) is 2.73. The summed E-state index contributed by atoms with van der Waals surface area (Å²) in [5, 5.41) is 7.73. The Balaban J connectivity index is 1.80. The molecule has 0 aromatic carbocycles. The molecule has 0 amide bonds. The fraction of sp³-hybridized carbons (Fsp3) is 0.600. The topological polar surface area (TPSA) is 49.8 Å². The van der Waals surface area contributed by atoms with E-state index in [1.165, 1.54) is 35.9 Å². The summed E-state index contributed by atoms with van der Waals surface area (Å²) in [6, 6.07) is 2.23. The van der Waals surface area contributed by atoms with Crippen LogP contribution in [0, 0.1) is 5.92 Å². The number of rotatable bonds is 6. The zero-order valence-electron chi connectivity index (χ0n) is 12.2. The molecule has 1 saturated carbocycles. The molecule has 4 nitrogen and oxygen atoms in total. The van der Waals surface area contributed by atoms with E-state index in [1.54, 1.807) is 11.3 Å². The first kappa shape index (κ1) is 13.6. The van der Waals surface area contributed by atoms with Gasteiger partial charge in [-0.15, -0.1) is 11.3 Å². The van der Waals surface area contributed by atoms with Gasteiger partial charge in [0.1, 0.15) is 10.6 Å². The summed E-state index contributed by atoms with van der Waals surface area (Å²) in [5.41, 5.74) is 0. The number of anilines is 2. The van der Waals surface area contributed by atoms with E-state index in [9.17, 15) is 0 Å². The predicted octanol–water partition coefficient (Wildman–Crippen LogP) is 3.90. The van der Waals surface area contributed by atoms with E-state index in [4.69, 9.17) is 0 Å². The van der Waals surface area contributed by atoms with Crippen molar-refractivity contribution in [3.8, 4) is 0 Å². The van der Waals surface area contributed by atoms with Gasteiger partial charge in [-0.05, 0) is 24.8 Å². The normalized spacial score (nSPS) is 15.3. The quantitative estimate of drug-likeness (QED) is 0.847. The molecule has 0 atom stereocenters. The van der Waals surface area contributed by atoms with Crippen molar-refractivity contribution in [3.63, 3.8) is 0 Å². The minimum Gasteiger partial charge on any atom is -0.369 e. The molecule has 0 unspecified atom stereocenters. The minimum atomic E-state index is 0.702. The van der Waals surface area contributed by atoms with Crippen LogP contribution in [0.2, 0.25) is 0 Å². The SMILES string of the molecule is CCc1cc2c(NCCC3CCC3)nc(NC)nc2s1. The molecule has 108 valence electrons. The average Bonchev–Trinajstić information content (AvgIpc) is 2.84. The standard InChI is InChI=1S/C15H22N4S/c1-3-11-9-12-13(17-8-7-10-5-4-6-10)18-15(16-2)19-14(12)20-11/h9-10H,3-8H2,1-2H3,(H2,16,17,18,19). The predicted molar refractivity (Wildman–Crippen MR) is 86.8 cm³/mol. The Kier molecular flexibility index (Phi) is 4.05. The lowest BCUT2D eigenvalue weighted by atomic mass is 9.83. The van der Waals surface area contributed by atoms with Crippen molar-refractivity contribution < 1.29 is 0 Å². The lowest BCUT2D eigenvalue weighted by Crippen LogP contribution is -2.16. The molecule has 2 aromatic heterocycles. The van der Waals surface area contributed by atoms with Crippen molar-refractivity contribution in [2.75, 3.05) is 24.2 Å². The molecule has 1 fully saturated rings. The van der Waals surface area contributed by atoms with E-state index in [1.807, 2.05) is 7.05 Å². The molecule has 2 aromatic rings. The van der Waals surface area contributed by atoms with Gasteiger partial charge in [0.05, 0.1) is 5.39 Å². The molecule has 0 aliphatic heterocycles. The van der Waals surface area contributed by atoms with Gasteiger partial charge in [-0.25, -0.2) is 4.98 Å². The Labute approximate surface area is 124 Å². The maximum atomic E-state index is 4.58. The van der Waals surface area contributed by atoms with E-state index in [0.717, 1.165) is 29.5 Å². The van der Waals surface area contributed by atoms with Crippen LogP contribution < -0.4 is 10.6 Å². The summed E-state index contributed by atoms with van der Waals surface area (Å²) in [6.45, 7) is 3.19. The Bertz CT molecular complexity index is 589. The first-order valence-electron chi connectivity index (χ1n) is 7.52. The summed E-state index contributed by atoms with van der Waals surface area (Å²) in [5.74, 6) is 2.61. The number of aryl methyl sites for hydroxylation is 1. The molecule has 20 heavy (non-hydrogen) atoms. The number of hydrogen-bond donors (Lipinski definition) is 2. The highest BCUT2D eigenvalue weighted by molar-refractivity contribution is 7.18. The molecule has 0 bridgehead atoms. The molecule has 0 spiro atoms. The van der Waals surface area contributed by atoms with E-state index < -0.39 is 0 Å². The Hall–Kier alpha value is -1.36. The zero-order chi connectivity index (χ0) is 13.9. The van der Waals surface area contributed by atoms with Crippen LogP contribution in [-0.2, 0) is 6.42 Å². The van der Waals surface area contributed by atoms with Gasteiger partial charge >= 0.3 is 0 Å². The van der Waals surface area contributed by atoms with Crippen LogP contribution >= 0.6 is 11.3 Å². The van der Waals surface area contributed by atoms with Crippen molar-refractivity contribution in [3.05, 3.63) is 10.9 Å². The minimum absolute atomic E-state index is 0.702. The van der Waals surface area contributed by atoms with Gasteiger partial charge in [0.15, 0.2) is 0 Å². The summed E-state index contributed by atoms with van der Waals surface area (Å²) < 4.78 is 0. The monoisotopic (exact) mass is 290 g/mol. The molecular formula is C15H22N4S. The van der Waals surface area contributed by atoms with Gasteiger partial charge in [0.25, 0.3) is 0 Å². The Morgan fingerprint density at radius 1 is 1.35 bits per heavy atom. The number of nitrogens with one attached hydrogen (secondary N) is 2. The molecule has 0 saturated heterocycles. The van der Waals surface area contributed by atoms with Gasteiger partial charge in [0.2, 0.25) is 5.95 Å². The summed E-state index contributed by atoms with van der Waals surface area (Å²) >= 11 is 1.77. The molecule has 1 aliphatic rings. The number of fused-ring (bicyclic) bond motifs is 1. The molecule has 0 radical (unpaired) electrons. The van der Waals surface area contributed by atoms with E-state index >= 15 is 0 Å². The maximum absolute atomic E-state index is 4.58. The zero-order valence-corrected chi connectivity index (χ0v) is 13.0. The van der Waals surface area contributed by atoms with Crippen LogP contribution in [-0.4, -0.2) is 23.6 Å². The largest absolute Gasteiger partial charge is 0.369 e. The van der Waals surface area contributed by atoms with Gasteiger partial charge in [-0.3, -0.25) is 0 Å². The Morgan fingerprint density at radius 3 is 2.85 bits per heavy atom. The molecule has 1 aliphatic carbocycles. The highest BCUT2D eigenvalue weighted by Gasteiger charge is 2.17. The number of thiophene rings is 1. The maximum Gasteiger partial charge on any atom is 0.225 e. The van der Waals surface area contributed by atoms with Crippen LogP contribution in [0.1, 0.15) is 37.5 Å². The second-order valence-corrected chi connectivity index (χ2v) is 6.56. The summed E-state index contributed by atoms with van der Waals surface area (Å²) in [7, 11) is 1.87. The van der Waals surface area contributed by atoms with Crippen LogP contribution in [0.3, 0.4) is 0 Å². The van der Waals surface area contributed by atoms with Crippen molar-refractivity contribution in [1.82, 2.24) is 9.97 Å². The van der Waals surface area contributed by atoms with Gasteiger partial charge in [0, 0.05) is 18.5 Å². The molecule has 3 rings (SSSR count). The van der Waals surface area contributed by atoms with Crippen LogP contribution in [0.15, 0.2) is 6.07 Å². The number of aromatic nitrogens is 2. The third-order valence-corrected chi connectivity index (χ3v) is 5.26. The van der Waals surface area contributed by atoms with Gasteiger partial charge in [-0.2, -0.15) is 4.98 Å². The van der Waals surface area contributed by atoms with E-state index in [0.29, 0.717) is 5.95 Å². The first-order valence-corrected chi connectivity index (χ1v) is 8.34. The smallest absolute Gasteiger partial charge is 0.225 e. The lowest BCUT2D eigenvalue weighted by Gasteiger charge is -2.25. The molecular weight excluding hydrogens is 268 g/mol. The van der Waals surface area contributed by atoms with Crippen molar-refractivity contribution in [2.24, 2.45) is 5.92 Å². The molecule has 2 N–H and O–H groups in total. The summed E-state index contributed by atoms with van der Waals surface area (Å²) in [4.78, 5) is 11.6. The molecule has 2 heterocycles. The number of nitrogens with zero attached hydrogens (tertiary/aromatic N) is 2. The van der Waals surface area contributed by atoms with Crippen LogP contribution in [0.4, 0.5) is 11.8 Å². The van der Waals surface area contributed by atoms with Gasteiger partial charge < -0.3 is 10.6 Å². The second kappa shape index (κ2) is 5.95. The third-order valence-electron chi connectivity index (χ3n) is 4.09. The first-order chi connectivity index (χ1) is 9.80. The highest BCUT2D eigenvalue weighted by atomic mass is 32.1. The number of hydrogen-bond acceptors (Lipinski definition) is 5. The second-order valence-electron chi connectivity index (χ2n) is 5.44. The van der Waals surface area contributed by atoms with Crippen LogP contribution in [0.5, 0.6) is 0 Å². The van der Waals surface area contributed by atoms with Crippen molar-refractivity contribution in [2.45, 2.75) is 39.0 Å². The molecule has 5 heteroatoms. The van der Waals surface area contributed by atoms with Crippen molar-refractivity contribution in [1.29, 1.82) is 0 Å². The average molecular weight is 290 g/mol. The van der Waals surface area contributed by atoms with Gasteiger partial charge in [-0.1, -0.05) is 26.2 Å².